The van der Waals surface area contributed by atoms with Crippen LogP contribution in [0.1, 0.15) is 29.8 Å². The molecule has 0 N–H and O–H groups in total. The van der Waals surface area contributed by atoms with Gasteiger partial charge in [-0.15, -0.1) is 0 Å². The second-order valence-electron chi connectivity index (χ2n) is 5.96. The van der Waals surface area contributed by atoms with Crippen LogP contribution in [0.4, 0.5) is 4.39 Å². The second kappa shape index (κ2) is 5.77. The Labute approximate surface area is 133 Å². The molecule has 0 radical (unpaired) electrons. The van der Waals surface area contributed by atoms with Gasteiger partial charge < -0.3 is 14.2 Å². The van der Waals surface area contributed by atoms with Gasteiger partial charge in [0.15, 0.2) is 11.5 Å². The minimum absolute atomic E-state index is 0.116. The molecule has 1 saturated heterocycles. The molecule has 0 spiro atoms. The topological polar surface area (TPSA) is 55.6 Å². The van der Waals surface area contributed by atoms with Crippen molar-refractivity contribution >= 4 is 5.91 Å². The van der Waals surface area contributed by atoms with Crippen molar-refractivity contribution in [3.63, 3.8) is 0 Å². The summed E-state index contributed by atoms with van der Waals surface area (Å²) in [6.07, 6.45) is 3.14. The molecule has 1 saturated carbocycles. The fourth-order valence-electron chi connectivity index (χ4n) is 3.49. The summed E-state index contributed by atoms with van der Waals surface area (Å²) in [7, 11) is 0. The Morgan fingerprint density at radius 3 is 3.04 bits per heavy atom. The van der Waals surface area contributed by atoms with Crippen molar-refractivity contribution in [2.45, 2.75) is 31.4 Å². The highest BCUT2D eigenvalue weighted by Crippen LogP contribution is 2.31. The number of carbonyl (C=O) groups excluding carboxylic acids is 1. The van der Waals surface area contributed by atoms with Crippen molar-refractivity contribution in [2.75, 3.05) is 13.2 Å². The van der Waals surface area contributed by atoms with E-state index in [-0.39, 0.29) is 29.5 Å². The van der Waals surface area contributed by atoms with Crippen molar-refractivity contribution in [1.82, 2.24) is 10.1 Å². The standard InChI is InChI=1S/C17H17FN2O3/c18-12-5-2-1-4-11(12)16-10-13(19-23-16)17(21)20-8-9-22-15-7-3-6-14(15)20/h1-2,4-5,10,14-15H,3,6-9H2. The number of carbonyl (C=O) groups is 1. The Balaban J connectivity index is 1.59. The monoisotopic (exact) mass is 316 g/mol. The maximum atomic E-state index is 13.8. The van der Waals surface area contributed by atoms with E-state index in [4.69, 9.17) is 9.26 Å². The zero-order valence-corrected chi connectivity index (χ0v) is 12.6. The van der Waals surface area contributed by atoms with Crippen LogP contribution in [0.25, 0.3) is 11.3 Å². The van der Waals surface area contributed by atoms with Gasteiger partial charge in [-0.1, -0.05) is 17.3 Å². The summed E-state index contributed by atoms with van der Waals surface area (Å²) in [6, 6.07) is 7.91. The van der Waals surface area contributed by atoms with Gasteiger partial charge in [-0.05, 0) is 31.4 Å². The Morgan fingerprint density at radius 1 is 1.30 bits per heavy atom. The lowest BCUT2D eigenvalue weighted by atomic mass is 10.1. The molecule has 2 atom stereocenters. The number of fused-ring (bicyclic) bond motifs is 1. The zero-order chi connectivity index (χ0) is 15.8. The normalized spacial score (nSPS) is 23.8. The van der Waals surface area contributed by atoms with Crippen LogP contribution in [-0.4, -0.2) is 41.3 Å². The number of hydrogen-bond acceptors (Lipinski definition) is 4. The number of amides is 1. The summed E-state index contributed by atoms with van der Waals surface area (Å²) in [5.41, 5.74) is 0.524. The number of rotatable bonds is 2. The van der Waals surface area contributed by atoms with E-state index < -0.39 is 5.82 Å². The number of hydrogen-bond donors (Lipinski definition) is 0. The van der Waals surface area contributed by atoms with Crippen LogP contribution in [0.3, 0.4) is 0 Å². The first kappa shape index (κ1) is 14.4. The molecule has 4 rings (SSSR count). The molecular formula is C17H17FN2O3. The highest BCUT2D eigenvalue weighted by atomic mass is 19.1. The first-order chi connectivity index (χ1) is 11.2. The summed E-state index contributed by atoms with van der Waals surface area (Å²) in [5.74, 6) is -0.302. The number of ether oxygens (including phenoxy) is 1. The van der Waals surface area contributed by atoms with Gasteiger partial charge in [0.1, 0.15) is 5.82 Å². The number of nitrogens with zero attached hydrogens (tertiary/aromatic N) is 2. The van der Waals surface area contributed by atoms with E-state index in [2.05, 4.69) is 5.16 Å². The van der Waals surface area contributed by atoms with Crippen LogP contribution >= 0.6 is 0 Å². The average Bonchev–Trinajstić information content (AvgIpc) is 3.23. The predicted molar refractivity (Wildman–Crippen MR) is 80.3 cm³/mol. The highest BCUT2D eigenvalue weighted by Gasteiger charge is 2.39. The van der Waals surface area contributed by atoms with E-state index in [9.17, 15) is 9.18 Å². The second-order valence-corrected chi connectivity index (χ2v) is 5.96. The van der Waals surface area contributed by atoms with Gasteiger partial charge in [0, 0.05) is 12.6 Å². The first-order valence-electron chi connectivity index (χ1n) is 7.88. The third-order valence-electron chi connectivity index (χ3n) is 4.61. The molecule has 1 aliphatic heterocycles. The molecule has 1 aromatic heterocycles. The van der Waals surface area contributed by atoms with Crippen LogP contribution in [0, 0.1) is 5.82 Å². The van der Waals surface area contributed by atoms with Crippen LogP contribution < -0.4 is 0 Å². The minimum Gasteiger partial charge on any atom is -0.374 e. The third kappa shape index (κ3) is 2.53. The number of benzene rings is 1. The van der Waals surface area contributed by atoms with Gasteiger partial charge in [0.05, 0.1) is 24.3 Å². The van der Waals surface area contributed by atoms with Crippen LogP contribution in [0.5, 0.6) is 0 Å². The van der Waals surface area contributed by atoms with E-state index in [1.54, 1.807) is 18.2 Å². The van der Waals surface area contributed by atoms with E-state index in [0.717, 1.165) is 19.3 Å². The molecule has 23 heavy (non-hydrogen) atoms. The van der Waals surface area contributed by atoms with Crippen LogP contribution in [0.15, 0.2) is 34.9 Å². The van der Waals surface area contributed by atoms with E-state index in [1.807, 2.05) is 4.90 Å². The molecule has 6 heteroatoms. The smallest absolute Gasteiger partial charge is 0.276 e. The zero-order valence-electron chi connectivity index (χ0n) is 12.6. The highest BCUT2D eigenvalue weighted by molar-refractivity contribution is 5.93. The molecule has 1 aliphatic carbocycles. The molecule has 2 unspecified atom stereocenters. The SMILES string of the molecule is O=C(c1cc(-c2ccccc2F)on1)N1CCOC2CCCC21. The minimum atomic E-state index is -0.398. The van der Waals surface area contributed by atoms with Gasteiger partial charge in [-0.2, -0.15) is 0 Å². The Morgan fingerprint density at radius 2 is 2.17 bits per heavy atom. The van der Waals surface area contributed by atoms with Crippen molar-refractivity contribution < 1.29 is 18.4 Å². The molecule has 1 amide bonds. The quantitative estimate of drug-likeness (QED) is 0.855. The van der Waals surface area contributed by atoms with E-state index in [1.165, 1.54) is 12.1 Å². The largest absolute Gasteiger partial charge is 0.374 e. The molecule has 2 heterocycles. The van der Waals surface area contributed by atoms with Crippen molar-refractivity contribution in [3.8, 4) is 11.3 Å². The van der Waals surface area contributed by atoms with Gasteiger partial charge in [0.25, 0.3) is 5.91 Å². The predicted octanol–water partition coefficient (Wildman–Crippen LogP) is 2.87. The van der Waals surface area contributed by atoms with Crippen LogP contribution in [-0.2, 0) is 4.74 Å². The Bertz CT molecular complexity index is 730. The number of aromatic nitrogens is 1. The third-order valence-corrected chi connectivity index (χ3v) is 4.61. The number of halogens is 1. The fourth-order valence-corrected chi connectivity index (χ4v) is 3.49. The molecule has 2 fully saturated rings. The van der Waals surface area contributed by atoms with Crippen molar-refractivity contribution in [2.24, 2.45) is 0 Å². The molecule has 5 nitrogen and oxygen atoms in total. The molecule has 2 aliphatic rings. The van der Waals surface area contributed by atoms with E-state index >= 15 is 0 Å². The summed E-state index contributed by atoms with van der Waals surface area (Å²) in [5, 5.41) is 3.85. The summed E-state index contributed by atoms with van der Waals surface area (Å²) in [4.78, 5) is 14.5. The molecule has 0 bridgehead atoms. The Hall–Kier alpha value is -2.21. The lowest BCUT2D eigenvalue weighted by Crippen LogP contribution is -2.51. The summed E-state index contributed by atoms with van der Waals surface area (Å²) >= 11 is 0. The maximum absolute atomic E-state index is 13.8. The lowest BCUT2D eigenvalue weighted by molar-refractivity contribution is -0.0448. The Kier molecular flexibility index (Phi) is 3.61. The molecule has 120 valence electrons. The molecule has 1 aromatic carbocycles. The van der Waals surface area contributed by atoms with Gasteiger partial charge in [-0.25, -0.2) is 4.39 Å². The van der Waals surface area contributed by atoms with Crippen molar-refractivity contribution in [1.29, 1.82) is 0 Å². The average molecular weight is 316 g/mol. The first-order valence-corrected chi connectivity index (χ1v) is 7.88. The van der Waals surface area contributed by atoms with Crippen molar-refractivity contribution in [3.05, 3.63) is 41.8 Å². The summed E-state index contributed by atoms with van der Waals surface area (Å²) < 4.78 is 24.7. The van der Waals surface area contributed by atoms with Gasteiger partial charge in [0.2, 0.25) is 0 Å². The van der Waals surface area contributed by atoms with Gasteiger partial charge >= 0.3 is 0 Å². The van der Waals surface area contributed by atoms with Gasteiger partial charge in [-0.3, -0.25) is 4.79 Å². The van der Waals surface area contributed by atoms with Crippen LogP contribution in [0.2, 0.25) is 0 Å². The number of morpholine rings is 1. The molecule has 2 aromatic rings. The van der Waals surface area contributed by atoms with E-state index in [0.29, 0.717) is 18.7 Å². The fraction of sp³-hybridized carbons (Fsp3) is 0.412. The molecular weight excluding hydrogens is 299 g/mol. The lowest BCUT2D eigenvalue weighted by Gasteiger charge is -2.37. The maximum Gasteiger partial charge on any atom is 0.276 e. The summed E-state index contributed by atoms with van der Waals surface area (Å²) in [6.45, 7) is 1.10.